The molecule has 0 saturated carbocycles. The third kappa shape index (κ3) is 3.60. The minimum Gasteiger partial charge on any atom is -0.366 e. The highest BCUT2D eigenvalue weighted by atomic mass is 16.1. The summed E-state index contributed by atoms with van der Waals surface area (Å²) in [7, 11) is 0. The Labute approximate surface area is 140 Å². The maximum Gasteiger partial charge on any atom is 0.252 e. The molecule has 0 saturated heterocycles. The minimum atomic E-state index is -0.109. The van der Waals surface area contributed by atoms with Crippen molar-refractivity contribution in [3.63, 3.8) is 0 Å². The number of rotatable bonds is 6. The molecule has 2 N–H and O–H groups in total. The zero-order valence-corrected chi connectivity index (χ0v) is 13.4. The predicted molar refractivity (Wildman–Crippen MR) is 93.1 cm³/mol. The molecule has 1 amide bonds. The van der Waals surface area contributed by atoms with E-state index in [9.17, 15) is 4.79 Å². The van der Waals surface area contributed by atoms with Gasteiger partial charge in [0, 0.05) is 31.7 Å². The quantitative estimate of drug-likeness (QED) is 0.732. The fourth-order valence-corrected chi connectivity index (χ4v) is 2.39. The number of pyridine rings is 1. The van der Waals surface area contributed by atoms with E-state index in [-0.39, 0.29) is 5.91 Å². The van der Waals surface area contributed by atoms with Crippen LogP contribution in [0.25, 0.3) is 5.69 Å². The lowest BCUT2D eigenvalue weighted by Crippen LogP contribution is -2.22. The molecule has 3 aromatic rings. The number of nitrogens with one attached hydrogen (secondary N) is 2. The van der Waals surface area contributed by atoms with Gasteiger partial charge >= 0.3 is 0 Å². The molecule has 6 nitrogen and oxygen atoms in total. The largest absolute Gasteiger partial charge is 0.366 e. The number of benzene rings is 1. The van der Waals surface area contributed by atoms with Gasteiger partial charge in [0.25, 0.3) is 5.91 Å². The second-order valence-electron chi connectivity index (χ2n) is 5.24. The fourth-order valence-electron chi connectivity index (χ4n) is 2.39. The Bertz CT molecular complexity index is 797. The molecule has 0 aliphatic heterocycles. The van der Waals surface area contributed by atoms with Gasteiger partial charge in [0.2, 0.25) is 0 Å². The van der Waals surface area contributed by atoms with Gasteiger partial charge in [0.15, 0.2) is 0 Å². The van der Waals surface area contributed by atoms with Crippen LogP contribution in [-0.2, 0) is 6.54 Å². The summed E-state index contributed by atoms with van der Waals surface area (Å²) in [5.41, 5.74) is 2.76. The SMILES string of the molecule is CCNC(=O)c1ccc(NCc2ccccc2-n2ccnc2)nc1. The lowest BCUT2D eigenvalue weighted by atomic mass is 10.1. The molecule has 0 atom stereocenters. The smallest absolute Gasteiger partial charge is 0.252 e. The number of imidazole rings is 1. The molecular weight excluding hydrogens is 302 g/mol. The van der Waals surface area contributed by atoms with Crippen LogP contribution in [0.1, 0.15) is 22.8 Å². The summed E-state index contributed by atoms with van der Waals surface area (Å²) in [4.78, 5) is 20.1. The van der Waals surface area contributed by atoms with Gasteiger partial charge in [-0.2, -0.15) is 0 Å². The number of hydrogen-bond donors (Lipinski definition) is 2. The van der Waals surface area contributed by atoms with Crippen molar-refractivity contribution < 1.29 is 4.79 Å². The Morgan fingerprint density at radius 3 is 2.79 bits per heavy atom. The number of carbonyl (C=O) groups is 1. The first kappa shape index (κ1) is 15.7. The van der Waals surface area contributed by atoms with E-state index in [0.29, 0.717) is 18.7 Å². The molecule has 0 radical (unpaired) electrons. The molecule has 3 rings (SSSR count). The predicted octanol–water partition coefficient (Wildman–Crippen LogP) is 2.63. The average molecular weight is 321 g/mol. The van der Waals surface area contributed by atoms with Crippen LogP contribution in [0, 0.1) is 0 Å². The van der Waals surface area contributed by atoms with Crippen molar-refractivity contribution in [1.82, 2.24) is 19.9 Å². The van der Waals surface area contributed by atoms with Gasteiger partial charge in [-0.05, 0) is 30.7 Å². The number of nitrogens with zero attached hydrogens (tertiary/aromatic N) is 3. The molecule has 0 spiro atoms. The number of aromatic nitrogens is 3. The Kier molecular flexibility index (Phi) is 4.86. The average Bonchev–Trinajstić information content (AvgIpc) is 3.15. The van der Waals surface area contributed by atoms with Crippen LogP contribution >= 0.6 is 0 Å². The van der Waals surface area contributed by atoms with Crippen molar-refractivity contribution in [3.05, 3.63) is 72.4 Å². The van der Waals surface area contributed by atoms with Gasteiger partial charge in [0.1, 0.15) is 5.82 Å². The molecule has 1 aromatic carbocycles. The molecule has 2 heterocycles. The maximum absolute atomic E-state index is 11.7. The summed E-state index contributed by atoms with van der Waals surface area (Å²) >= 11 is 0. The number of para-hydroxylation sites is 1. The van der Waals surface area contributed by atoms with Crippen LogP contribution in [0.5, 0.6) is 0 Å². The zero-order chi connectivity index (χ0) is 16.8. The first-order valence-corrected chi connectivity index (χ1v) is 7.82. The van der Waals surface area contributed by atoms with Crippen LogP contribution in [0.2, 0.25) is 0 Å². The third-order valence-electron chi connectivity index (χ3n) is 3.60. The van der Waals surface area contributed by atoms with E-state index in [4.69, 9.17) is 0 Å². The Morgan fingerprint density at radius 1 is 1.21 bits per heavy atom. The molecule has 0 aliphatic carbocycles. The molecule has 2 aromatic heterocycles. The molecule has 0 unspecified atom stereocenters. The van der Waals surface area contributed by atoms with Gasteiger partial charge in [0.05, 0.1) is 17.6 Å². The first-order valence-electron chi connectivity index (χ1n) is 7.82. The van der Waals surface area contributed by atoms with Gasteiger partial charge in [-0.25, -0.2) is 9.97 Å². The Morgan fingerprint density at radius 2 is 2.08 bits per heavy atom. The number of hydrogen-bond acceptors (Lipinski definition) is 4. The lowest BCUT2D eigenvalue weighted by molar-refractivity contribution is 0.0955. The summed E-state index contributed by atoms with van der Waals surface area (Å²) in [6.45, 7) is 3.12. The summed E-state index contributed by atoms with van der Waals surface area (Å²) in [6.07, 6.45) is 7.03. The lowest BCUT2D eigenvalue weighted by Gasteiger charge is -2.11. The Hall–Kier alpha value is -3.15. The molecule has 0 aliphatic rings. The van der Waals surface area contributed by atoms with Crippen molar-refractivity contribution in [2.75, 3.05) is 11.9 Å². The van der Waals surface area contributed by atoms with Gasteiger partial charge in [-0.3, -0.25) is 4.79 Å². The summed E-state index contributed by atoms with van der Waals surface area (Å²) in [5, 5.41) is 6.04. The van der Waals surface area contributed by atoms with E-state index in [1.807, 2.05) is 42.0 Å². The van der Waals surface area contributed by atoms with Crippen molar-refractivity contribution in [2.45, 2.75) is 13.5 Å². The van der Waals surface area contributed by atoms with Crippen LogP contribution in [0.3, 0.4) is 0 Å². The van der Waals surface area contributed by atoms with E-state index in [1.54, 1.807) is 24.8 Å². The topological polar surface area (TPSA) is 71.8 Å². The molecule has 0 fully saturated rings. The molecule has 6 heteroatoms. The van der Waals surface area contributed by atoms with Crippen molar-refractivity contribution >= 4 is 11.7 Å². The van der Waals surface area contributed by atoms with Crippen molar-refractivity contribution in [2.24, 2.45) is 0 Å². The van der Waals surface area contributed by atoms with E-state index >= 15 is 0 Å². The maximum atomic E-state index is 11.7. The molecular formula is C18H19N5O. The highest BCUT2D eigenvalue weighted by molar-refractivity contribution is 5.93. The third-order valence-corrected chi connectivity index (χ3v) is 3.60. The monoisotopic (exact) mass is 321 g/mol. The van der Waals surface area contributed by atoms with Crippen molar-refractivity contribution in [1.29, 1.82) is 0 Å². The van der Waals surface area contributed by atoms with E-state index in [1.165, 1.54) is 0 Å². The standard InChI is InChI=1S/C18H19N5O/c1-2-20-18(24)15-7-8-17(22-12-15)21-11-14-5-3-4-6-16(14)23-10-9-19-13-23/h3-10,12-13H,2,11H2,1H3,(H,20,24)(H,21,22). The summed E-state index contributed by atoms with van der Waals surface area (Å²) in [5.74, 6) is 0.616. The minimum absolute atomic E-state index is 0.109. The van der Waals surface area contributed by atoms with Crippen molar-refractivity contribution in [3.8, 4) is 5.69 Å². The number of anilines is 1. The highest BCUT2D eigenvalue weighted by Gasteiger charge is 2.06. The van der Waals surface area contributed by atoms with Crippen LogP contribution < -0.4 is 10.6 Å². The van der Waals surface area contributed by atoms with E-state index in [0.717, 1.165) is 17.1 Å². The first-order chi connectivity index (χ1) is 11.8. The normalized spacial score (nSPS) is 10.4. The zero-order valence-electron chi connectivity index (χ0n) is 13.4. The number of amides is 1. The summed E-state index contributed by atoms with van der Waals surface area (Å²) in [6, 6.07) is 11.7. The van der Waals surface area contributed by atoms with Gasteiger partial charge in [-0.15, -0.1) is 0 Å². The van der Waals surface area contributed by atoms with Gasteiger partial charge in [-0.1, -0.05) is 18.2 Å². The fraction of sp³-hybridized carbons (Fsp3) is 0.167. The highest BCUT2D eigenvalue weighted by Crippen LogP contribution is 2.16. The van der Waals surface area contributed by atoms with Gasteiger partial charge < -0.3 is 15.2 Å². The van der Waals surface area contributed by atoms with E-state index < -0.39 is 0 Å². The second-order valence-corrected chi connectivity index (χ2v) is 5.24. The van der Waals surface area contributed by atoms with E-state index in [2.05, 4.69) is 26.7 Å². The summed E-state index contributed by atoms with van der Waals surface area (Å²) < 4.78 is 1.97. The molecule has 24 heavy (non-hydrogen) atoms. The number of carbonyl (C=O) groups excluding carboxylic acids is 1. The van der Waals surface area contributed by atoms with Crippen LogP contribution in [0.15, 0.2) is 61.3 Å². The van der Waals surface area contributed by atoms with Crippen LogP contribution in [-0.4, -0.2) is 27.0 Å². The molecule has 0 bridgehead atoms. The molecule has 122 valence electrons. The Balaban J connectivity index is 1.69. The van der Waals surface area contributed by atoms with Crippen LogP contribution in [0.4, 0.5) is 5.82 Å². The second kappa shape index (κ2) is 7.41.